The van der Waals surface area contributed by atoms with Gasteiger partial charge in [-0.25, -0.2) is 4.79 Å². The molecule has 0 aliphatic rings. The van der Waals surface area contributed by atoms with Crippen LogP contribution in [0.4, 0.5) is 0 Å². The van der Waals surface area contributed by atoms with E-state index in [1.54, 1.807) is 39.0 Å². The number of ether oxygens (including phenoxy) is 2. The van der Waals surface area contributed by atoms with Gasteiger partial charge in [0.15, 0.2) is 0 Å². The van der Waals surface area contributed by atoms with Crippen molar-refractivity contribution in [1.29, 1.82) is 0 Å². The van der Waals surface area contributed by atoms with Gasteiger partial charge in [-0.15, -0.1) is 0 Å². The number of hydrogen-bond acceptors (Lipinski definition) is 5. The zero-order chi connectivity index (χ0) is 17.9. The minimum Gasteiger partial charge on any atom is -0.463 e. The topological polar surface area (TPSA) is 69.7 Å². The highest BCUT2D eigenvalue weighted by atomic mass is 16.5. The first-order chi connectivity index (χ1) is 11.2. The highest BCUT2D eigenvalue weighted by Crippen LogP contribution is 2.25. The molecule has 2 rings (SSSR count). The highest BCUT2D eigenvalue weighted by molar-refractivity contribution is 6.34. The van der Waals surface area contributed by atoms with Crippen molar-refractivity contribution in [2.24, 2.45) is 5.41 Å². The lowest BCUT2D eigenvalue weighted by Crippen LogP contribution is -2.25. The van der Waals surface area contributed by atoms with E-state index in [0.717, 1.165) is 16.3 Å². The Balaban J connectivity index is 2.21. The first-order valence-electron chi connectivity index (χ1n) is 7.57. The Hall–Kier alpha value is -2.69. The third-order valence-electron chi connectivity index (χ3n) is 3.48. The van der Waals surface area contributed by atoms with Gasteiger partial charge < -0.3 is 9.47 Å². The van der Waals surface area contributed by atoms with Crippen molar-refractivity contribution in [2.45, 2.75) is 27.2 Å². The van der Waals surface area contributed by atoms with Crippen LogP contribution in [0, 0.1) is 5.41 Å². The van der Waals surface area contributed by atoms with E-state index in [9.17, 15) is 14.4 Å². The van der Waals surface area contributed by atoms with Crippen molar-refractivity contribution in [1.82, 2.24) is 0 Å². The molecule has 0 bridgehead atoms. The van der Waals surface area contributed by atoms with E-state index in [-0.39, 0.29) is 12.4 Å². The van der Waals surface area contributed by atoms with Crippen molar-refractivity contribution >= 4 is 28.5 Å². The third kappa shape index (κ3) is 4.19. The van der Waals surface area contributed by atoms with E-state index in [1.165, 1.54) is 7.11 Å². The molecular weight excluding hydrogens is 308 g/mol. The predicted octanol–water partition coefficient (Wildman–Crippen LogP) is 3.08. The minimum atomic E-state index is -0.848. The molecule has 0 spiro atoms. The van der Waals surface area contributed by atoms with E-state index >= 15 is 0 Å². The number of carbonyl (C=O) groups excluding carboxylic acids is 3. The SMILES string of the molecule is COC(=O)C(=O)Cc1ccc2cc(OC(=O)C(C)(C)C)ccc2c1. The van der Waals surface area contributed by atoms with E-state index in [2.05, 4.69) is 4.74 Å². The molecule has 2 aromatic carbocycles. The van der Waals surface area contributed by atoms with Crippen LogP contribution in [0.5, 0.6) is 5.75 Å². The molecule has 5 nitrogen and oxygen atoms in total. The van der Waals surface area contributed by atoms with Gasteiger partial charge in [-0.05, 0) is 49.2 Å². The molecular formula is C19H20O5. The van der Waals surface area contributed by atoms with Crippen molar-refractivity contribution < 1.29 is 23.9 Å². The lowest BCUT2D eigenvalue weighted by molar-refractivity contribution is -0.151. The van der Waals surface area contributed by atoms with Crippen LogP contribution in [0.3, 0.4) is 0 Å². The van der Waals surface area contributed by atoms with Gasteiger partial charge in [0.05, 0.1) is 12.5 Å². The first-order valence-corrected chi connectivity index (χ1v) is 7.57. The van der Waals surface area contributed by atoms with E-state index in [1.807, 2.05) is 18.2 Å². The van der Waals surface area contributed by atoms with Gasteiger partial charge in [-0.2, -0.15) is 0 Å². The fraction of sp³-hybridized carbons (Fsp3) is 0.316. The normalized spacial score (nSPS) is 11.2. The fourth-order valence-corrected chi connectivity index (χ4v) is 2.08. The van der Waals surface area contributed by atoms with Crippen LogP contribution >= 0.6 is 0 Å². The molecule has 0 radical (unpaired) electrons. The second-order valence-electron chi connectivity index (χ2n) is 6.57. The summed E-state index contributed by atoms with van der Waals surface area (Å²) in [5, 5.41) is 1.77. The summed E-state index contributed by atoms with van der Waals surface area (Å²) in [4.78, 5) is 34.7. The Morgan fingerprint density at radius 2 is 1.58 bits per heavy atom. The second-order valence-corrected chi connectivity index (χ2v) is 6.57. The van der Waals surface area contributed by atoms with Gasteiger partial charge >= 0.3 is 11.9 Å². The molecule has 24 heavy (non-hydrogen) atoms. The van der Waals surface area contributed by atoms with Crippen LogP contribution in [-0.4, -0.2) is 24.8 Å². The average molecular weight is 328 g/mol. The van der Waals surface area contributed by atoms with E-state index in [0.29, 0.717) is 5.75 Å². The Morgan fingerprint density at radius 1 is 0.958 bits per heavy atom. The molecule has 0 N–H and O–H groups in total. The number of ketones is 1. The summed E-state index contributed by atoms with van der Waals surface area (Å²) in [7, 11) is 1.18. The third-order valence-corrected chi connectivity index (χ3v) is 3.48. The van der Waals surface area contributed by atoms with Gasteiger partial charge in [-0.1, -0.05) is 24.3 Å². The van der Waals surface area contributed by atoms with Gasteiger partial charge in [0.2, 0.25) is 5.78 Å². The quantitative estimate of drug-likeness (QED) is 0.490. The zero-order valence-corrected chi connectivity index (χ0v) is 14.2. The summed E-state index contributed by atoms with van der Waals surface area (Å²) >= 11 is 0. The molecule has 0 fully saturated rings. The van der Waals surface area contributed by atoms with Crippen molar-refractivity contribution in [3.8, 4) is 5.75 Å². The molecule has 0 aromatic heterocycles. The first kappa shape index (κ1) is 17.7. The number of methoxy groups -OCH3 is 1. The molecule has 0 amide bonds. The van der Waals surface area contributed by atoms with Crippen LogP contribution < -0.4 is 4.74 Å². The Labute approximate surface area is 140 Å². The Morgan fingerprint density at radius 3 is 2.21 bits per heavy atom. The molecule has 0 unspecified atom stereocenters. The number of carbonyl (C=O) groups is 3. The Kier molecular flexibility index (Phi) is 5.02. The molecule has 0 aliphatic heterocycles. The maximum Gasteiger partial charge on any atom is 0.374 e. The van der Waals surface area contributed by atoms with Crippen LogP contribution in [0.2, 0.25) is 0 Å². The van der Waals surface area contributed by atoms with Crippen molar-refractivity contribution in [3.63, 3.8) is 0 Å². The lowest BCUT2D eigenvalue weighted by Gasteiger charge is -2.16. The summed E-state index contributed by atoms with van der Waals surface area (Å²) in [6.07, 6.45) is -0.0105. The monoisotopic (exact) mass is 328 g/mol. The smallest absolute Gasteiger partial charge is 0.374 e. The summed E-state index contributed by atoms with van der Waals surface area (Å²) in [5.41, 5.74) is 0.143. The number of Topliss-reactive ketones (excluding diaryl/α,β-unsaturated/α-hetero) is 1. The lowest BCUT2D eigenvalue weighted by atomic mass is 9.97. The number of benzene rings is 2. The summed E-state index contributed by atoms with van der Waals surface area (Å²) in [5.74, 6) is -1.27. The molecule has 0 aliphatic carbocycles. The van der Waals surface area contributed by atoms with Gasteiger partial charge in [0.1, 0.15) is 5.75 Å². The second kappa shape index (κ2) is 6.83. The number of hydrogen-bond donors (Lipinski definition) is 0. The molecule has 126 valence electrons. The van der Waals surface area contributed by atoms with Crippen LogP contribution in [0.1, 0.15) is 26.3 Å². The molecule has 2 aromatic rings. The average Bonchev–Trinajstić information content (AvgIpc) is 2.53. The number of esters is 2. The molecule has 0 saturated heterocycles. The van der Waals surface area contributed by atoms with Crippen molar-refractivity contribution in [3.05, 3.63) is 42.0 Å². The fourth-order valence-electron chi connectivity index (χ4n) is 2.08. The Bertz CT molecular complexity index is 799. The summed E-state index contributed by atoms with van der Waals surface area (Å²) in [6, 6.07) is 10.7. The summed E-state index contributed by atoms with van der Waals surface area (Å²) in [6.45, 7) is 5.38. The zero-order valence-electron chi connectivity index (χ0n) is 14.2. The maximum absolute atomic E-state index is 11.9. The predicted molar refractivity (Wildman–Crippen MR) is 89.8 cm³/mol. The van der Waals surface area contributed by atoms with Gasteiger partial charge in [0.25, 0.3) is 0 Å². The molecule has 5 heteroatoms. The number of rotatable bonds is 4. The standard InChI is InChI=1S/C19H20O5/c1-19(2,3)18(22)24-15-8-7-13-9-12(5-6-14(13)11-15)10-16(20)17(21)23-4/h5-9,11H,10H2,1-4H3. The molecule has 0 heterocycles. The van der Waals surface area contributed by atoms with Crippen LogP contribution in [0.25, 0.3) is 10.8 Å². The van der Waals surface area contributed by atoms with E-state index in [4.69, 9.17) is 4.74 Å². The minimum absolute atomic E-state index is 0.0105. The maximum atomic E-state index is 11.9. The van der Waals surface area contributed by atoms with E-state index < -0.39 is 17.2 Å². The van der Waals surface area contributed by atoms with Crippen LogP contribution in [-0.2, 0) is 25.5 Å². The largest absolute Gasteiger partial charge is 0.463 e. The summed E-state index contributed by atoms with van der Waals surface area (Å²) < 4.78 is 9.79. The van der Waals surface area contributed by atoms with Crippen molar-refractivity contribution in [2.75, 3.05) is 7.11 Å². The number of fused-ring (bicyclic) bond motifs is 1. The van der Waals surface area contributed by atoms with Crippen LogP contribution in [0.15, 0.2) is 36.4 Å². The van der Waals surface area contributed by atoms with Gasteiger partial charge in [-0.3, -0.25) is 9.59 Å². The van der Waals surface area contributed by atoms with Gasteiger partial charge in [0, 0.05) is 6.42 Å². The molecule has 0 saturated carbocycles. The molecule has 0 atom stereocenters. The highest BCUT2D eigenvalue weighted by Gasteiger charge is 2.23.